The number of carboxylic acids is 1. The summed E-state index contributed by atoms with van der Waals surface area (Å²) < 4.78 is 0. The van der Waals surface area contributed by atoms with E-state index in [9.17, 15) is 4.79 Å². The van der Waals surface area contributed by atoms with Crippen LogP contribution in [0.2, 0.25) is 0 Å². The van der Waals surface area contributed by atoms with Crippen molar-refractivity contribution in [1.82, 2.24) is 4.90 Å². The zero-order valence-electron chi connectivity index (χ0n) is 12.5. The maximum atomic E-state index is 10.9. The highest BCUT2D eigenvalue weighted by molar-refractivity contribution is 5.66. The number of carbonyl (C=O) groups is 1. The first-order valence-electron chi connectivity index (χ1n) is 7.61. The molecule has 1 atom stereocenters. The average Bonchev–Trinajstić information content (AvgIpc) is 2.42. The highest BCUT2D eigenvalue weighted by Gasteiger charge is 2.42. The quantitative estimate of drug-likeness (QED) is 0.824. The Morgan fingerprint density at radius 1 is 1.25 bits per heavy atom. The third kappa shape index (κ3) is 3.21. The van der Waals surface area contributed by atoms with Gasteiger partial charge in [-0.15, -0.1) is 0 Å². The minimum Gasteiger partial charge on any atom is -0.481 e. The normalized spacial score (nSPS) is 19.3. The predicted molar refractivity (Wildman–Crippen MR) is 80.6 cm³/mol. The van der Waals surface area contributed by atoms with Crippen LogP contribution in [0.25, 0.3) is 0 Å². The van der Waals surface area contributed by atoms with Crippen LogP contribution in [0.4, 0.5) is 0 Å². The maximum absolute atomic E-state index is 10.9. The molecule has 1 aromatic carbocycles. The largest absolute Gasteiger partial charge is 0.481 e. The van der Waals surface area contributed by atoms with E-state index in [0.29, 0.717) is 11.8 Å². The zero-order valence-corrected chi connectivity index (χ0v) is 12.5. The number of benzene rings is 1. The third-order valence-corrected chi connectivity index (χ3v) is 4.83. The van der Waals surface area contributed by atoms with Gasteiger partial charge in [0, 0.05) is 25.6 Å². The Morgan fingerprint density at radius 3 is 2.35 bits per heavy atom. The van der Waals surface area contributed by atoms with Crippen LogP contribution in [0.1, 0.15) is 51.1 Å². The van der Waals surface area contributed by atoms with Crippen molar-refractivity contribution in [2.75, 3.05) is 13.1 Å². The number of hydrogen-bond acceptors (Lipinski definition) is 2. The number of rotatable bonds is 7. The first-order valence-corrected chi connectivity index (χ1v) is 7.61. The number of likely N-dealkylation sites (tertiary alicyclic amines) is 1. The van der Waals surface area contributed by atoms with E-state index < -0.39 is 5.97 Å². The van der Waals surface area contributed by atoms with Gasteiger partial charge in [-0.3, -0.25) is 9.69 Å². The Kier molecular flexibility index (Phi) is 4.81. The van der Waals surface area contributed by atoms with Gasteiger partial charge in [-0.25, -0.2) is 0 Å². The van der Waals surface area contributed by atoms with Gasteiger partial charge in [0.25, 0.3) is 0 Å². The summed E-state index contributed by atoms with van der Waals surface area (Å²) in [7, 11) is 0. The molecule has 110 valence electrons. The Labute approximate surface area is 121 Å². The summed E-state index contributed by atoms with van der Waals surface area (Å²) in [6.07, 6.45) is 3.35. The molecule has 0 aromatic heterocycles. The summed E-state index contributed by atoms with van der Waals surface area (Å²) >= 11 is 0. The standard InChI is InChI=1S/C17H25NO2/c1-3-17(4-2)12-18(13-17)15(10-11-16(19)20)14-8-6-5-7-9-14/h5-9,15H,3-4,10-13H2,1-2H3,(H,19,20). The second kappa shape index (κ2) is 6.40. The fraction of sp³-hybridized carbons (Fsp3) is 0.588. The zero-order chi connectivity index (χ0) is 14.6. The van der Waals surface area contributed by atoms with Gasteiger partial charge in [-0.05, 0) is 30.2 Å². The molecule has 1 unspecified atom stereocenters. The number of aliphatic carboxylic acids is 1. The minimum atomic E-state index is -0.705. The molecule has 1 saturated heterocycles. The molecule has 1 heterocycles. The minimum absolute atomic E-state index is 0.237. The summed E-state index contributed by atoms with van der Waals surface area (Å²) in [4.78, 5) is 13.3. The summed E-state index contributed by atoms with van der Waals surface area (Å²) in [6, 6.07) is 10.6. The highest BCUT2D eigenvalue weighted by atomic mass is 16.4. The summed E-state index contributed by atoms with van der Waals surface area (Å²) in [5.41, 5.74) is 1.70. The lowest BCUT2D eigenvalue weighted by atomic mass is 9.73. The van der Waals surface area contributed by atoms with Gasteiger partial charge >= 0.3 is 5.97 Å². The fourth-order valence-corrected chi connectivity index (χ4v) is 3.23. The third-order valence-electron chi connectivity index (χ3n) is 4.83. The summed E-state index contributed by atoms with van der Waals surface area (Å²) in [5, 5.41) is 8.96. The predicted octanol–water partition coefficient (Wildman–Crippen LogP) is 3.71. The fourth-order valence-electron chi connectivity index (χ4n) is 3.23. The molecule has 0 aliphatic carbocycles. The molecule has 1 aliphatic rings. The van der Waals surface area contributed by atoms with E-state index in [2.05, 4.69) is 30.9 Å². The molecule has 0 radical (unpaired) electrons. The molecular weight excluding hydrogens is 250 g/mol. The molecule has 0 saturated carbocycles. The highest BCUT2D eigenvalue weighted by Crippen LogP contribution is 2.43. The van der Waals surface area contributed by atoms with Crippen LogP contribution in [-0.2, 0) is 4.79 Å². The van der Waals surface area contributed by atoms with E-state index in [4.69, 9.17) is 5.11 Å². The van der Waals surface area contributed by atoms with E-state index in [-0.39, 0.29) is 12.5 Å². The van der Waals surface area contributed by atoms with Crippen LogP contribution < -0.4 is 0 Å². The molecule has 20 heavy (non-hydrogen) atoms. The van der Waals surface area contributed by atoms with Crippen molar-refractivity contribution >= 4 is 5.97 Å². The van der Waals surface area contributed by atoms with Crippen molar-refractivity contribution in [2.24, 2.45) is 5.41 Å². The van der Waals surface area contributed by atoms with Crippen molar-refractivity contribution in [3.05, 3.63) is 35.9 Å². The number of carboxylic acid groups (broad SMARTS) is 1. The van der Waals surface area contributed by atoms with Crippen LogP contribution in [0.5, 0.6) is 0 Å². The lowest BCUT2D eigenvalue weighted by Gasteiger charge is -2.53. The van der Waals surface area contributed by atoms with E-state index in [1.807, 2.05) is 18.2 Å². The van der Waals surface area contributed by atoms with Crippen LogP contribution in [-0.4, -0.2) is 29.1 Å². The molecule has 1 N–H and O–H groups in total. The molecule has 3 nitrogen and oxygen atoms in total. The van der Waals surface area contributed by atoms with Crippen LogP contribution >= 0.6 is 0 Å². The maximum Gasteiger partial charge on any atom is 0.303 e. The van der Waals surface area contributed by atoms with Gasteiger partial charge in [-0.1, -0.05) is 44.2 Å². The molecule has 1 fully saturated rings. The Morgan fingerprint density at radius 2 is 1.85 bits per heavy atom. The lowest BCUT2D eigenvalue weighted by Crippen LogP contribution is -2.56. The monoisotopic (exact) mass is 275 g/mol. The molecule has 1 aromatic rings. The van der Waals surface area contributed by atoms with E-state index in [1.54, 1.807) is 0 Å². The molecule has 0 amide bonds. The van der Waals surface area contributed by atoms with Crippen LogP contribution in [0.15, 0.2) is 30.3 Å². The van der Waals surface area contributed by atoms with Crippen molar-refractivity contribution in [2.45, 2.75) is 45.6 Å². The first-order chi connectivity index (χ1) is 9.60. The van der Waals surface area contributed by atoms with Crippen molar-refractivity contribution < 1.29 is 9.90 Å². The van der Waals surface area contributed by atoms with Crippen LogP contribution in [0, 0.1) is 5.41 Å². The molecule has 3 heteroatoms. The smallest absolute Gasteiger partial charge is 0.303 e. The number of hydrogen-bond donors (Lipinski definition) is 1. The van der Waals surface area contributed by atoms with Gasteiger partial charge < -0.3 is 5.11 Å². The topological polar surface area (TPSA) is 40.5 Å². The van der Waals surface area contributed by atoms with Gasteiger partial charge in [0.05, 0.1) is 0 Å². The summed E-state index contributed by atoms with van der Waals surface area (Å²) in [6.45, 7) is 6.71. The first kappa shape index (κ1) is 15.0. The Bertz CT molecular complexity index is 432. The van der Waals surface area contributed by atoms with E-state index in [1.165, 1.54) is 18.4 Å². The second-order valence-electron chi connectivity index (χ2n) is 5.97. The molecule has 2 rings (SSSR count). The van der Waals surface area contributed by atoms with E-state index >= 15 is 0 Å². The molecular formula is C17H25NO2. The van der Waals surface area contributed by atoms with Gasteiger partial charge in [0.15, 0.2) is 0 Å². The van der Waals surface area contributed by atoms with Crippen molar-refractivity contribution in [3.63, 3.8) is 0 Å². The Balaban J connectivity index is 2.07. The summed E-state index contributed by atoms with van der Waals surface area (Å²) in [5.74, 6) is -0.705. The molecule has 0 spiro atoms. The van der Waals surface area contributed by atoms with Crippen molar-refractivity contribution in [1.29, 1.82) is 0 Å². The van der Waals surface area contributed by atoms with Crippen molar-refractivity contribution in [3.8, 4) is 0 Å². The van der Waals surface area contributed by atoms with Gasteiger partial charge in [0.2, 0.25) is 0 Å². The lowest BCUT2D eigenvalue weighted by molar-refractivity contribution is -0.137. The SMILES string of the molecule is CCC1(CC)CN(C(CCC(=O)O)c2ccccc2)C1. The second-order valence-corrected chi connectivity index (χ2v) is 5.97. The average molecular weight is 275 g/mol. The Hall–Kier alpha value is -1.35. The number of nitrogens with zero attached hydrogens (tertiary/aromatic N) is 1. The molecule has 1 aliphatic heterocycles. The van der Waals surface area contributed by atoms with E-state index in [0.717, 1.165) is 13.1 Å². The van der Waals surface area contributed by atoms with Gasteiger partial charge in [-0.2, -0.15) is 0 Å². The van der Waals surface area contributed by atoms with Gasteiger partial charge in [0.1, 0.15) is 0 Å². The molecule has 0 bridgehead atoms. The van der Waals surface area contributed by atoms with Crippen LogP contribution in [0.3, 0.4) is 0 Å².